The van der Waals surface area contributed by atoms with Gasteiger partial charge in [0.25, 0.3) is 5.91 Å². The van der Waals surface area contributed by atoms with Gasteiger partial charge in [-0.05, 0) is 18.6 Å². The lowest BCUT2D eigenvalue weighted by molar-refractivity contribution is -0.123. The molecule has 0 saturated carbocycles. The fourth-order valence-corrected chi connectivity index (χ4v) is 2.69. The second-order valence-electron chi connectivity index (χ2n) is 4.26. The van der Waals surface area contributed by atoms with Gasteiger partial charge in [-0.25, -0.2) is 8.42 Å². The van der Waals surface area contributed by atoms with Gasteiger partial charge in [0, 0.05) is 0 Å². The molecule has 0 aromatic heterocycles. The molecule has 21 heavy (non-hydrogen) atoms. The van der Waals surface area contributed by atoms with E-state index in [9.17, 15) is 26.4 Å². The Labute approximate surface area is 120 Å². The number of nitrogens with one attached hydrogen (secondary N) is 2. The molecule has 0 bridgehead atoms. The molecular formula is C12H15F3N2O3S. The SMILES string of the molecule is CCCS(=O)(=O)Nc1ccccc1C(=O)NCC(F)(F)F. The van der Waals surface area contributed by atoms with Crippen molar-refractivity contribution in [2.24, 2.45) is 0 Å². The third kappa shape index (κ3) is 6.03. The predicted molar refractivity (Wildman–Crippen MR) is 72.5 cm³/mol. The monoisotopic (exact) mass is 324 g/mol. The van der Waals surface area contributed by atoms with Crippen molar-refractivity contribution in [3.8, 4) is 0 Å². The van der Waals surface area contributed by atoms with E-state index in [1.807, 2.05) is 0 Å². The van der Waals surface area contributed by atoms with Crippen molar-refractivity contribution in [1.29, 1.82) is 0 Å². The lowest BCUT2D eigenvalue weighted by Gasteiger charge is -2.13. The Morgan fingerprint density at radius 3 is 2.43 bits per heavy atom. The minimum absolute atomic E-state index is 0.0503. The van der Waals surface area contributed by atoms with Crippen LogP contribution in [-0.2, 0) is 10.0 Å². The number of benzene rings is 1. The highest BCUT2D eigenvalue weighted by Gasteiger charge is 2.28. The highest BCUT2D eigenvalue weighted by Crippen LogP contribution is 2.18. The summed E-state index contributed by atoms with van der Waals surface area (Å²) in [7, 11) is -3.64. The summed E-state index contributed by atoms with van der Waals surface area (Å²) in [6.45, 7) is 0.184. The van der Waals surface area contributed by atoms with Crippen molar-refractivity contribution in [1.82, 2.24) is 5.32 Å². The molecule has 1 amide bonds. The first-order valence-corrected chi connectivity index (χ1v) is 7.74. The van der Waals surface area contributed by atoms with E-state index in [4.69, 9.17) is 0 Å². The number of hydrogen-bond donors (Lipinski definition) is 2. The van der Waals surface area contributed by atoms with Crippen LogP contribution in [0.5, 0.6) is 0 Å². The van der Waals surface area contributed by atoms with E-state index in [0.717, 1.165) is 0 Å². The van der Waals surface area contributed by atoms with Gasteiger partial charge >= 0.3 is 6.18 Å². The highest BCUT2D eigenvalue weighted by atomic mass is 32.2. The second-order valence-corrected chi connectivity index (χ2v) is 6.11. The fourth-order valence-electron chi connectivity index (χ4n) is 1.53. The number of sulfonamides is 1. The minimum atomic E-state index is -4.54. The summed E-state index contributed by atoms with van der Waals surface area (Å²) < 4.78 is 61.8. The van der Waals surface area contributed by atoms with Crippen LogP contribution in [0, 0.1) is 0 Å². The van der Waals surface area contributed by atoms with Crippen LogP contribution in [0.4, 0.5) is 18.9 Å². The van der Waals surface area contributed by atoms with Gasteiger partial charge in [-0.1, -0.05) is 19.1 Å². The van der Waals surface area contributed by atoms with Crippen LogP contribution in [-0.4, -0.2) is 32.8 Å². The van der Waals surface area contributed by atoms with Crippen molar-refractivity contribution < 1.29 is 26.4 Å². The number of para-hydroxylation sites is 1. The molecule has 0 aliphatic heterocycles. The Morgan fingerprint density at radius 1 is 1.24 bits per heavy atom. The third-order valence-electron chi connectivity index (χ3n) is 2.36. The van der Waals surface area contributed by atoms with Crippen LogP contribution in [0.2, 0.25) is 0 Å². The van der Waals surface area contributed by atoms with E-state index in [0.29, 0.717) is 6.42 Å². The zero-order valence-corrected chi connectivity index (χ0v) is 12.0. The molecule has 0 heterocycles. The Bertz CT molecular complexity index is 600. The topological polar surface area (TPSA) is 75.3 Å². The van der Waals surface area contributed by atoms with Crippen molar-refractivity contribution in [2.45, 2.75) is 19.5 Å². The standard InChI is InChI=1S/C12H15F3N2O3S/c1-2-7-21(19,20)17-10-6-4-3-5-9(10)11(18)16-8-12(13,14)15/h3-6,17H,2,7-8H2,1H3,(H,16,18). The van der Waals surface area contributed by atoms with Gasteiger partial charge in [0.15, 0.2) is 0 Å². The van der Waals surface area contributed by atoms with E-state index < -0.39 is 28.7 Å². The quantitative estimate of drug-likeness (QED) is 0.842. The normalized spacial score (nSPS) is 12.0. The smallest absolute Gasteiger partial charge is 0.343 e. The van der Waals surface area contributed by atoms with E-state index in [-0.39, 0.29) is 17.0 Å². The average molecular weight is 324 g/mol. The Kier molecular flexibility index (Phi) is 5.59. The van der Waals surface area contributed by atoms with Gasteiger partial charge in [-0.3, -0.25) is 9.52 Å². The molecule has 1 rings (SSSR count). The maximum atomic E-state index is 12.1. The van der Waals surface area contributed by atoms with Crippen molar-refractivity contribution in [3.63, 3.8) is 0 Å². The first-order valence-electron chi connectivity index (χ1n) is 6.09. The van der Waals surface area contributed by atoms with Crippen LogP contribution in [0.1, 0.15) is 23.7 Å². The summed E-state index contributed by atoms with van der Waals surface area (Å²) >= 11 is 0. The number of amides is 1. The molecule has 1 aromatic carbocycles. The van der Waals surface area contributed by atoms with E-state index in [1.54, 1.807) is 12.2 Å². The van der Waals surface area contributed by atoms with Gasteiger partial charge in [-0.2, -0.15) is 13.2 Å². The van der Waals surface area contributed by atoms with Crippen LogP contribution in [0.15, 0.2) is 24.3 Å². The highest BCUT2D eigenvalue weighted by molar-refractivity contribution is 7.92. The number of rotatable bonds is 6. The largest absolute Gasteiger partial charge is 0.405 e. The van der Waals surface area contributed by atoms with Gasteiger partial charge < -0.3 is 5.32 Å². The van der Waals surface area contributed by atoms with Crippen molar-refractivity contribution in [2.75, 3.05) is 17.0 Å². The zero-order chi connectivity index (χ0) is 16.1. The van der Waals surface area contributed by atoms with Crippen molar-refractivity contribution in [3.05, 3.63) is 29.8 Å². The van der Waals surface area contributed by atoms with Gasteiger partial charge in [0.2, 0.25) is 10.0 Å². The maximum absolute atomic E-state index is 12.1. The summed E-state index contributed by atoms with van der Waals surface area (Å²) in [4.78, 5) is 11.7. The van der Waals surface area contributed by atoms with E-state index in [2.05, 4.69) is 4.72 Å². The lowest BCUT2D eigenvalue weighted by Crippen LogP contribution is -2.34. The molecule has 0 unspecified atom stereocenters. The molecule has 118 valence electrons. The average Bonchev–Trinajstić information content (AvgIpc) is 2.35. The van der Waals surface area contributed by atoms with Crippen LogP contribution >= 0.6 is 0 Å². The molecule has 0 radical (unpaired) electrons. The summed E-state index contributed by atoms with van der Waals surface area (Å²) in [6, 6.07) is 5.47. The number of halogens is 3. The van der Waals surface area contributed by atoms with E-state index in [1.165, 1.54) is 24.3 Å². The molecule has 0 atom stereocenters. The molecular weight excluding hydrogens is 309 g/mol. The second kappa shape index (κ2) is 6.79. The summed E-state index contributed by atoms with van der Waals surface area (Å²) in [5.74, 6) is -1.15. The molecule has 0 saturated heterocycles. The molecule has 0 aliphatic rings. The Balaban J connectivity index is 2.92. The van der Waals surface area contributed by atoms with E-state index >= 15 is 0 Å². The summed E-state index contributed by atoms with van der Waals surface area (Å²) in [5, 5.41) is 1.70. The molecule has 2 N–H and O–H groups in total. The zero-order valence-electron chi connectivity index (χ0n) is 11.2. The first-order chi connectivity index (χ1) is 9.64. The number of carbonyl (C=O) groups excluding carboxylic acids is 1. The van der Waals surface area contributed by atoms with Gasteiger partial charge in [0.1, 0.15) is 6.54 Å². The molecule has 1 aromatic rings. The third-order valence-corrected chi connectivity index (χ3v) is 3.84. The number of alkyl halides is 3. The molecule has 0 spiro atoms. The fraction of sp³-hybridized carbons (Fsp3) is 0.417. The van der Waals surface area contributed by atoms with Crippen LogP contribution in [0.3, 0.4) is 0 Å². The molecule has 0 fully saturated rings. The molecule has 0 aliphatic carbocycles. The van der Waals surface area contributed by atoms with Gasteiger partial charge in [-0.15, -0.1) is 0 Å². The number of carbonyl (C=O) groups is 1. The van der Waals surface area contributed by atoms with Crippen LogP contribution in [0.25, 0.3) is 0 Å². The Hall–Kier alpha value is -1.77. The van der Waals surface area contributed by atoms with Crippen LogP contribution < -0.4 is 10.0 Å². The molecule has 5 nitrogen and oxygen atoms in total. The minimum Gasteiger partial charge on any atom is -0.343 e. The maximum Gasteiger partial charge on any atom is 0.405 e. The number of hydrogen-bond acceptors (Lipinski definition) is 3. The Morgan fingerprint density at radius 2 is 1.86 bits per heavy atom. The van der Waals surface area contributed by atoms with Crippen molar-refractivity contribution >= 4 is 21.6 Å². The predicted octanol–water partition coefficient (Wildman–Crippen LogP) is 2.13. The van der Waals surface area contributed by atoms with Gasteiger partial charge in [0.05, 0.1) is 17.0 Å². The summed E-state index contributed by atoms with van der Waals surface area (Å²) in [6.07, 6.45) is -4.16. The number of anilines is 1. The summed E-state index contributed by atoms with van der Waals surface area (Å²) in [5.41, 5.74) is -0.216. The lowest BCUT2D eigenvalue weighted by atomic mass is 10.1. The first kappa shape index (κ1) is 17.3. The molecule has 9 heteroatoms.